The molecule has 6 nitrogen and oxygen atoms in total. The number of amides is 3. The largest absolute Gasteiger partial charge is 0.351 e. The van der Waals surface area contributed by atoms with Crippen LogP contribution >= 0.6 is 22.9 Å². The van der Waals surface area contributed by atoms with Crippen LogP contribution in [0.25, 0.3) is 10.4 Å². The molecule has 3 rings (SSSR count). The van der Waals surface area contributed by atoms with Crippen molar-refractivity contribution in [3.63, 3.8) is 0 Å². The minimum absolute atomic E-state index is 0.0143. The Hall–Kier alpha value is -2.16. The molecule has 0 spiro atoms. The van der Waals surface area contributed by atoms with Crippen LogP contribution in [0.1, 0.15) is 22.5 Å². The molecule has 2 heterocycles. The predicted molar refractivity (Wildman–Crippen MR) is 101 cm³/mol. The van der Waals surface area contributed by atoms with Gasteiger partial charge >= 0.3 is 6.03 Å². The first-order valence-electron chi connectivity index (χ1n) is 8.11. The molecule has 1 fully saturated rings. The Kier molecular flexibility index (Phi) is 5.75. The highest BCUT2D eigenvalue weighted by Gasteiger charge is 2.22. The van der Waals surface area contributed by atoms with Gasteiger partial charge in [0, 0.05) is 17.5 Å². The fourth-order valence-electron chi connectivity index (χ4n) is 2.80. The van der Waals surface area contributed by atoms with E-state index in [1.807, 2.05) is 0 Å². The van der Waals surface area contributed by atoms with Crippen LogP contribution in [0, 0.1) is 5.82 Å². The number of halogens is 2. The molecule has 1 aromatic carbocycles. The topological polar surface area (TPSA) is 96.2 Å². The van der Waals surface area contributed by atoms with Crippen LogP contribution in [0.15, 0.2) is 24.3 Å². The van der Waals surface area contributed by atoms with Crippen LogP contribution in [-0.4, -0.2) is 31.1 Å². The van der Waals surface area contributed by atoms with Gasteiger partial charge in [0.1, 0.15) is 10.7 Å². The Morgan fingerprint density at radius 1 is 1.35 bits per heavy atom. The number of carbonyl (C=O) groups is 2. The van der Waals surface area contributed by atoms with E-state index in [0.717, 1.165) is 19.4 Å². The summed E-state index contributed by atoms with van der Waals surface area (Å²) in [5.74, 6) is -0.808. The number of nitrogens with one attached hydrogen (secondary N) is 3. The van der Waals surface area contributed by atoms with Crippen molar-refractivity contribution >= 4 is 40.6 Å². The molecule has 1 aliphatic heterocycles. The van der Waals surface area contributed by atoms with Crippen LogP contribution in [0.2, 0.25) is 5.02 Å². The minimum Gasteiger partial charge on any atom is -0.351 e. The second-order valence-corrected chi connectivity index (χ2v) is 7.45. The van der Waals surface area contributed by atoms with Crippen molar-refractivity contribution in [1.29, 1.82) is 0 Å². The summed E-state index contributed by atoms with van der Waals surface area (Å²) in [6, 6.07) is 5.19. The van der Waals surface area contributed by atoms with Crippen molar-refractivity contribution in [2.75, 3.05) is 18.4 Å². The quantitative estimate of drug-likeness (QED) is 0.639. The molecule has 138 valence electrons. The van der Waals surface area contributed by atoms with Gasteiger partial charge in [-0.15, -0.1) is 11.3 Å². The van der Waals surface area contributed by atoms with Crippen LogP contribution in [0.4, 0.5) is 14.9 Å². The molecule has 1 aromatic heterocycles. The first kappa shape index (κ1) is 18.6. The molecule has 1 atom stereocenters. The Balaban J connectivity index is 1.89. The maximum Gasteiger partial charge on any atom is 0.316 e. The number of urea groups is 1. The van der Waals surface area contributed by atoms with Crippen LogP contribution in [0.5, 0.6) is 0 Å². The molecule has 1 saturated heterocycles. The standard InChI is InChI=1S/C17H18ClFN4O2S/c18-11-6-9(3-4-12(11)19)14-7-13(23-17(20)25)15(26-14)16(24)22-10-2-1-5-21-8-10/h3-4,6-7,10,21H,1-2,5,8H2,(H,22,24)(H3,20,23,25)/t10-/m0/s1. The summed E-state index contributed by atoms with van der Waals surface area (Å²) in [5.41, 5.74) is 6.18. The average molecular weight is 397 g/mol. The van der Waals surface area contributed by atoms with Crippen molar-refractivity contribution in [3.05, 3.63) is 40.0 Å². The molecule has 0 unspecified atom stereocenters. The van der Waals surface area contributed by atoms with Gasteiger partial charge in [-0.1, -0.05) is 17.7 Å². The van der Waals surface area contributed by atoms with Crippen molar-refractivity contribution < 1.29 is 14.0 Å². The number of nitrogens with two attached hydrogens (primary N) is 1. The van der Waals surface area contributed by atoms with Crippen molar-refractivity contribution in [1.82, 2.24) is 10.6 Å². The average Bonchev–Trinajstić information content (AvgIpc) is 3.01. The van der Waals surface area contributed by atoms with E-state index in [0.29, 0.717) is 27.5 Å². The molecule has 5 N–H and O–H groups in total. The zero-order chi connectivity index (χ0) is 18.7. The zero-order valence-electron chi connectivity index (χ0n) is 13.8. The fraction of sp³-hybridized carbons (Fsp3) is 0.294. The number of carbonyl (C=O) groups excluding carboxylic acids is 2. The molecule has 0 radical (unpaired) electrons. The lowest BCUT2D eigenvalue weighted by atomic mass is 10.1. The first-order valence-corrected chi connectivity index (χ1v) is 9.31. The van der Waals surface area contributed by atoms with E-state index in [9.17, 15) is 14.0 Å². The summed E-state index contributed by atoms with van der Waals surface area (Å²) in [4.78, 5) is 25.0. The Labute approximate surface area is 158 Å². The summed E-state index contributed by atoms with van der Waals surface area (Å²) in [6.45, 7) is 1.64. The van der Waals surface area contributed by atoms with Gasteiger partial charge in [0.2, 0.25) is 0 Å². The third-order valence-electron chi connectivity index (χ3n) is 4.03. The zero-order valence-corrected chi connectivity index (χ0v) is 15.3. The fourth-order valence-corrected chi connectivity index (χ4v) is 4.00. The number of piperidine rings is 1. The van der Waals surface area contributed by atoms with Crippen LogP contribution < -0.4 is 21.7 Å². The monoisotopic (exact) mass is 396 g/mol. The van der Waals surface area contributed by atoms with E-state index in [-0.39, 0.29) is 17.0 Å². The third-order valence-corrected chi connectivity index (χ3v) is 5.50. The van der Waals surface area contributed by atoms with Gasteiger partial charge in [0.05, 0.1) is 10.7 Å². The molecule has 2 aromatic rings. The van der Waals surface area contributed by atoms with Gasteiger partial charge in [-0.05, 0) is 43.1 Å². The van der Waals surface area contributed by atoms with Gasteiger partial charge in [-0.3, -0.25) is 4.79 Å². The lowest BCUT2D eigenvalue weighted by molar-refractivity contribution is 0.0935. The van der Waals surface area contributed by atoms with Crippen molar-refractivity contribution in [2.45, 2.75) is 18.9 Å². The number of primary amides is 1. The molecular weight excluding hydrogens is 379 g/mol. The maximum atomic E-state index is 13.4. The number of hydrogen-bond donors (Lipinski definition) is 4. The highest BCUT2D eigenvalue weighted by atomic mass is 35.5. The van der Waals surface area contributed by atoms with Crippen LogP contribution in [-0.2, 0) is 0 Å². The Morgan fingerprint density at radius 3 is 2.81 bits per heavy atom. The van der Waals surface area contributed by atoms with Gasteiger partial charge < -0.3 is 21.7 Å². The summed E-state index contributed by atoms with van der Waals surface area (Å²) in [6.07, 6.45) is 1.88. The highest BCUT2D eigenvalue weighted by molar-refractivity contribution is 7.18. The summed E-state index contributed by atoms with van der Waals surface area (Å²) in [7, 11) is 0. The van der Waals surface area contributed by atoms with E-state index < -0.39 is 11.8 Å². The summed E-state index contributed by atoms with van der Waals surface area (Å²) in [5, 5.41) is 8.65. The maximum absolute atomic E-state index is 13.4. The summed E-state index contributed by atoms with van der Waals surface area (Å²) < 4.78 is 13.4. The van der Waals surface area contributed by atoms with Gasteiger partial charge in [-0.2, -0.15) is 0 Å². The summed E-state index contributed by atoms with van der Waals surface area (Å²) >= 11 is 7.02. The van der Waals surface area contributed by atoms with E-state index in [2.05, 4.69) is 16.0 Å². The number of benzene rings is 1. The Bertz CT molecular complexity index is 836. The van der Waals surface area contributed by atoms with Crippen molar-refractivity contribution in [2.24, 2.45) is 5.73 Å². The Morgan fingerprint density at radius 2 is 2.15 bits per heavy atom. The highest BCUT2D eigenvalue weighted by Crippen LogP contribution is 2.36. The molecule has 0 saturated carbocycles. The normalized spacial score (nSPS) is 16.9. The second-order valence-electron chi connectivity index (χ2n) is 5.99. The molecule has 0 bridgehead atoms. The van der Waals surface area contributed by atoms with Gasteiger partial charge in [-0.25, -0.2) is 9.18 Å². The van der Waals surface area contributed by atoms with Gasteiger partial charge in [0.25, 0.3) is 5.91 Å². The lowest BCUT2D eigenvalue weighted by Crippen LogP contribution is -2.45. The second kappa shape index (κ2) is 8.03. The van der Waals surface area contributed by atoms with E-state index in [1.165, 1.54) is 23.5 Å². The number of hydrogen-bond acceptors (Lipinski definition) is 4. The van der Waals surface area contributed by atoms with E-state index in [4.69, 9.17) is 17.3 Å². The van der Waals surface area contributed by atoms with Crippen molar-refractivity contribution in [3.8, 4) is 10.4 Å². The number of anilines is 1. The van der Waals surface area contributed by atoms with E-state index >= 15 is 0 Å². The molecule has 26 heavy (non-hydrogen) atoms. The van der Waals surface area contributed by atoms with Gasteiger partial charge in [0.15, 0.2) is 0 Å². The smallest absolute Gasteiger partial charge is 0.316 e. The molecular formula is C17H18ClFN4O2S. The first-order chi connectivity index (χ1) is 12.4. The predicted octanol–water partition coefficient (Wildman–Crippen LogP) is 3.18. The third kappa shape index (κ3) is 4.32. The molecule has 3 amide bonds. The minimum atomic E-state index is -0.764. The molecule has 9 heteroatoms. The van der Waals surface area contributed by atoms with Crippen LogP contribution in [0.3, 0.4) is 0 Å². The number of rotatable bonds is 4. The number of thiophene rings is 1. The SMILES string of the molecule is NC(=O)Nc1cc(-c2ccc(F)c(Cl)c2)sc1C(=O)N[C@H]1CCCNC1. The van der Waals surface area contributed by atoms with E-state index in [1.54, 1.807) is 12.1 Å². The molecule has 1 aliphatic rings. The lowest BCUT2D eigenvalue weighted by Gasteiger charge is -2.23. The molecule has 0 aliphatic carbocycles.